The fraction of sp³-hybridized carbons (Fsp3) is 0.600. The smallest absolute Gasteiger partial charge is 0.239 e. The van der Waals surface area contributed by atoms with Crippen LogP contribution in [0.4, 0.5) is 11.8 Å². The molecule has 6 nitrogen and oxygen atoms in total. The monoisotopic (exact) mass is 259 g/mol. The van der Waals surface area contributed by atoms with E-state index in [0.29, 0.717) is 16.8 Å². The fourth-order valence-electron chi connectivity index (χ4n) is 1.19. The highest BCUT2D eigenvalue weighted by Crippen LogP contribution is 2.18. The van der Waals surface area contributed by atoms with Gasteiger partial charge in [-0.3, -0.25) is 5.43 Å². The minimum atomic E-state index is 0.333. The molecule has 0 aromatic carbocycles. The first-order chi connectivity index (χ1) is 8.27. The van der Waals surface area contributed by atoms with Crippen LogP contribution in [0.3, 0.4) is 0 Å². The number of hydrazine groups is 1. The lowest BCUT2D eigenvalue weighted by Gasteiger charge is -2.08. The van der Waals surface area contributed by atoms with Gasteiger partial charge in [-0.25, -0.2) is 10.8 Å². The number of hydrogen-bond acceptors (Lipinski definition) is 6. The van der Waals surface area contributed by atoms with Gasteiger partial charge in [0.1, 0.15) is 5.02 Å². The number of nitrogen functional groups attached to an aromatic ring is 1. The first kappa shape index (κ1) is 14.0. The molecule has 0 aliphatic heterocycles. The number of anilines is 2. The Morgan fingerprint density at radius 3 is 3.00 bits per heavy atom. The van der Waals surface area contributed by atoms with Crippen molar-refractivity contribution in [1.82, 2.24) is 9.97 Å². The third-order valence-corrected chi connectivity index (χ3v) is 2.26. The summed E-state index contributed by atoms with van der Waals surface area (Å²) in [6.07, 6.45) is 3.43. The zero-order valence-corrected chi connectivity index (χ0v) is 10.6. The molecular formula is C10H18ClN5O. The normalized spacial score (nSPS) is 10.3. The van der Waals surface area contributed by atoms with E-state index in [9.17, 15) is 0 Å². The van der Waals surface area contributed by atoms with E-state index < -0.39 is 0 Å². The number of nitrogens with two attached hydrogens (primary N) is 1. The second-order valence-electron chi connectivity index (χ2n) is 3.43. The maximum Gasteiger partial charge on any atom is 0.239 e. The Hall–Kier alpha value is -1.11. The van der Waals surface area contributed by atoms with Gasteiger partial charge in [0, 0.05) is 19.8 Å². The number of ether oxygens (including phenoxy) is 1. The number of halogens is 1. The predicted molar refractivity (Wildman–Crippen MR) is 69.1 cm³/mol. The molecule has 0 atom stereocenters. The van der Waals surface area contributed by atoms with Gasteiger partial charge in [0.15, 0.2) is 5.82 Å². The molecule has 0 aliphatic rings. The third-order valence-electron chi connectivity index (χ3n) is 1.98. The van der Waals surface area contributed by atoms with Crippen LogP contribution in [-0.2, 0) is 4.74 Å². The Morgan fingerprint density at radius 1 is 1.47 bits per heavy atom. The van der Waals surface area contributed by atoms with Crippen LogP contribution in [0.2, 0.25) is 5.02 Å². The molecule has 7 heteroatoms. The van der Waals surface area contributed by atoms with E-state index in [1.54, 1.807) is 0 Å². The number of hydrogen-bond donors (Lipinski definition) is 3. The quantitative estimate of drug-likeness (QED) is 0.374. The molecule has 0 spiro atoms. The molecule has 0 unspecified atom stereocenters. The van der Waals surface area contributed by atoms with E-state index in [-0.39, 0.29) is 0 Å². The minimum Gasteiger partial charge on any atom is -0.381 e. The summed E-state index contributed by atoms with van der Waals surface area (Å²) in [5.41, 5.74) is 2.37. The summed E-state index contributed by atoms with van der Waals surface area (Å²) in [7, 11) is 0. The lowest BCUT2D eigenvalue weighted by atomic mass is 10.4. The molecule has 0 saturated carbocycles. The van der Waals surface area contributed by atoms with E-state index in [2.05, 4.69) is 27.6 Å². The second-order valence-corrected chi connectivity index (χ2v) is 3.83. The van der Waals surface area contributed by atoms with Crippen molar-refractivity contribution in [3.8, 4) is 0 Å². The van der Waals surface area contributed by atoms with Crippen LogP contribution in [0.1, 0.15) is 19.8 Å². The first-order valence-electron chi connectivity index (χ1n) is 5.58. The van der Waals surface area contributed by atoms with Crippen molar-refractivity contribution in [3.63, 3.8) is 0 Å². The summed E-state index contributed by atoms with van der Waals surface area (Å²) in [5.74, 6) is 6.12. The molecule has 17 heavy (non-hydrogen) atoms. The number of aromatic nitrogens is 2. The highest BCUT2D eigenvalue weighted by atomic mass is 35.5. The van der Waals surface area contributed by atoms with E-state index in [0.717, 1.165) is 32.6 Å². The Balaban J connectivity index is 2.30. The zero-order chi connectivity index (χ0) is 12.5. The van der Waals surface area contributed by atoms with Crippen LogP contribution in [0, 0.1) is 0 Å². The van der Waals surface area contributed by atoms with Gasteiger partial charge >= 0.3 is 0 Å². The molecule has 0 aliphatic carbocycles. The van der Waals surface area contributed by atoms with Crippen molar-refractivity contribution in [3.05, 3.63) is 11.2 Å². The number of rotatable bonds is 8. The molecule has 0 bridgehead atoms. The van der Waals surface area contributed by atoms with Crippen molar-refractivity contribution in [2.24, 2.45) is 5.84 Å². The molecule has 0 radical (unpaired) electrons. The Bertz CT molecular complexity index is 336. The lowest BCUT2D eigenvalue weighted by Crippen LogP contribution is -2.13. The van der Waals surface area contributed by atoms with Crippen LogP contribution in [0.5, 0.6) is 0 Å². The highest BCUT2D eigenvalue weighted by molar-refractivity contribution is 6.32. The zero-order valence-electron chi connectivity index (χ0n) is 9.87. The average molecular weight is 260 g/mol. The summed E-state index contributed by atoms with van der Waals surface area (Å²) < 4.78 is 5.36. The van der Waals surface area contributed by atoms with Crippen molar-refractivity contribution >= 4 is 23.4 Å². The Morgan fingerprint density at radius 2 is 2.29 bits per heavy atom. The van der Waals surface area contributed by atoms with E-state index in [1.807, 2.05) is 0 Å². The molecule has 4 N–H and O–H groups in total. The molecule has 1 rings (SSSR count). The Labute approximate surface area is 106 Å². The van der Waals surface area contributed by atoms with E-state index in [1.165, 1.54) is 6.20 Å². The third kappa shape index (κ3) is 5.16. The standard InChI is InChI=1S/C10H18ClN5O/c1-2-5-17-6-3-4-13-9-8(11)7-14-10(15-9)16-12/h7H,2-6,12H2,1H3,(H2,13,14,15,16). The molecular weight excluding hydrogens is 242 g/mol. The van der Waals surface area contributed by atoms with Gasteiger partial charge in [-0.15, -0.1) is 0 Å². The first-order valence-corrected chi connectivity index (χ1v) is 5.96. The van der Waals surface area contributed by atoms with Crippen LogP contribution in [0.15, 0.2) is 6.20 Å². The van der Waals surface area contributed by atoms with Crippen molar-refractivity contribution in [1.29, 1.82) is 0 Å². The molecule has 0 saturated heterocycles. The lowest BCUT2D eigenvalue weighted by molar-refractivity contribution is 0.134. The van der Waals surface area contributed by atoms with Crippen molar-refractivity contribution < 1.29 is 4.74 Å². The van der Waals surface area contributed by atoms with Crippen LogP contribution < -0.4 is 16.6 Å². The van der Waals surface area contributed by atoms with Gasteiger partial charge in [-0.1, -0.05) is 18.5 Å². The maximum atomic E-state index is 5.93. The number of nitrogens with zero attached hydrogens (tertiary/aromatic N) is 2. The van der Waals surface area contributed by atoms with Gasteiger partial charge in [0.25, 0.3) is 0 Å². The molecule has 1 heterocycles. The second kappa shape index (κ2) is 8.05. The SMILES string of the molecule is CCCOCCCNc1nc(NN)ncc1Cl. The van der Waals surface area contributed by atoms with Gasteiger partial charge in [0.05, 0.1) is 6.20 Å². The topological polar surface area (TPSA) is 85.1 Å². The van der Waals surface area contributed by atoms with Crippen molar-refractivity contribution in [2.45, 2.75) is 19.8 Å². The number of nitrogens with one attached hydrogen (secondary N) is 2. The molecule has 0 fully saturated rings. The van der Waals surface area contributed by atoms with Gasteiger partial charge < -0.3 is 10.1 Å². The maximum absolute atomic E-state index is 5.93. The fourth-order valence-corrected chi connectivity index (χ4v) is 1.35. The van der Waals surface area contributed by atoms with E-state index in [4.69, 9.17) is 22.2 Å². The molecule has 0 amide bonds. The summed E-state index contributed by atoms with van der Waals surface area (Å²) >= 11 is 5.93. The largest absolute Gasteiger partial charge is 0.381 e. The van der Waals surface area contributed by atoms with E-state index >= 15 is 0 Å². The summed E-state index contributed by atoms with van der Waals surface area (Å²) in [5, 5.41) is 3.58. The van der Waals surface area contributed by atoms with Crippen LogP contribution in [0.25, 0.3) is 0 Å². The van der Waals surface area contributed by atoms with Gasteiger partial charge in [-0.05, 0) is 12.8 Å². The Kier molecular flexibility index (Phi) is 6.61. The molecule has 1 aromatic rings. The average Bonchev–Trinajstić information content (AvgIpc) is 2.35. The molecule has 96 valence electrons. The van der Waals surface area contributed by atoms with Crippen molar-refractivity contribution in [2.75, 3.05) is 30.5 Å². The van der Waals surface area contributed by atoms with Gasteiger partial charge in [0.2, 0.25) is 5.95 Å². The predicted octanol–water partition coefficient (Wildman–Crippen LogP) is 1.64. The summed E-state index contributed by atoms with van der Waals surface area (Å²) in [6.45, 7) is 4.35. The van der Waals surface area contributed by atoms with Crippen LogP contribution in [-0.4, -0.2) is 29.7 Å². The summed E-state index contributed by atoms with van der Waals surface area (Å²) in [4.78, 5) is 7.98. The summed E-state index contributed by atoms with van der Waals surface area (Å²) in [6, 6.07) is 0. The molecule has 1 aromatic heterocycles. The highest BCUT2D eigenvalue weighted by Gasteiger charge is 2.03. The van der Waals surface area contributed by atoms with Crippen LogP contribution >= 0.6 is 11.6 Å². The van der Waals surface area contributed by atoms with Gasteiger partial charge in [-0.2, -0.15) is 4.98 Å². The minimum absolute atomic E-state index is 0.333.